The molecule has 0 amide bonds. The van der Waals surface area contributed by atoms with E-state index in [9.17, 15) is 18.0 Å². The maximum atomic E-state index is 13.0. The van der Waals surface area contributed by atoms with Gasteiger partial charge in [0.2, 0.25) is 0 Å². The lowest BCUT2D eigenvalue weighted by atomic mass is 10.1. The van der Waals surface area contributed by atoms with Crippen molar-refractivity contribution >= 4 is 29.1 Å². The molecule has 4 rings (SSSR count). The van der Waals surface area contributed by atoms with E-state index in [1.807, 2.05) is 18.2 Å². The highest BCUT2D eigenvalue weighted by Crippen LogP contribution is 2.36. The van der Waals surface area contributed by atoms with Crippen molar-refractivity contribution in [2.75, 3.05) is 32.9 Å². The molecule has 11 heteroatoms. The SMILES string of the molecule is CCCc1cc(SCc2sc(-c3ccc(C(F)(F)F)cc3)nc2CN2CCOCC2)ccc1OCC(=O)O. The van der Waals surface area contributed by atoms with E-state index < -0.39 is 17.7 Å². The molecule has 0 unspecified atom stereocenters. The molecule has 0 atom stereocenters. The monoisotopic (exact) mass is 566 g/mol. The quantitative estimate of drug-likeness (QED) is 0.271. The minimum Gasteiger partial charge on any atom is -0.482 e. The van der Waals surface area contributed by atoms with Gasteiger partial charge in [0.25, 0.3) is 0 Å². The number of rotatable bonds is 11. The van der Waals surface area contributed by atoms with Gasteiger partial charge in [0, 0.05) is 40.7 Å². The minimum atomic E-state index is -4.38. The van der Waals surface area contributed by atoms with Crippen LogP contribution in [-0.4, -0.2) is 53.9 Å². The maximum absolute atomic E-state index is 13.0. The molecule has 0 radical (unpaired) electrons. The number of halogens is 3. The van der Waals surface area contributed by atoms with Gasteiger partial charge < -0.3 is 14.6 Å². The van der Waals surface area contributed by atoms with E-state index >= 15 is 0 Å². The molecule has 3 aromatic rings. The van der Waals surface area contributed by atoms with Gasteiger partial charge in [-0.15, -0.1) is 23.1 Å². The summed E-state index contributed by atoms with van der Waals surface area (Å²) < 4.78 is 50.0. The van der Waals surface area contributed by atoms with Crippen molar-refractivity contribution < 1.29 is 32.5 Å². The number of carboxylic acid groups (broad SMARTS) is 1. The number of carbonyl (C=O) groups is 1. The first kappa shape index (κ1) is 28.4. The van der Waals surface area contributed by atoms with E-state index in [4.69, 9.17) is 19.6 Å². The zero-order valence-electron chi connectivity index (χ0n) is 20.9. The fourth-order valence-electron chi connectivity index (χ4n) is 4.06. The van der Waals surface area contributed by atoms with E-state index in [0.717, 1.165) is 59.1 Å². The number of thiazole rings is 1. The Morgan fingerprint density at radius 1 is 1.18 bits per heavy atom. The highest BCUT2D eigenvalue weighted by molar-refractivity contribution is 7.98. The van der Waals surface area contributed by atoms with Gasteiger partial charge in [0.1, 0.15) is 10.8 Å². The standard InChI is InChI=1S/C27H29F3N2O4S2/c1-2-3-19-14-21(8-9-23(19)36-16-25(33)34)37-17-24-22(15-32-10-12-35-13-11-32)31-26(38-24)18-4-6-20(7-5-18)27(28,29)30/h4-9,14H,2-3,10-13,15-17H2,1H3,(H,33,34). The number of aliphatic carboxylic acids is 1. The third-order valence-corrected chi connectivity index (χ3v) is 8.34. The van der Waals surface area contributed by atoms with Crippen LogP contribution in [0, 0.1) is 0 Å². The summed E-state index contributed by atoms with van der Waals surface area (Å²) in [6, 6.07) is 10.9. The van der Waals surface area contributed by atoms with Gasteiger partial charge in [-0.3, -0.25) is 4.90 Å². The molecule has 38 heavy (non-hydrogen) atoms. The second-order valence-electron chi connectivity index (χ2n) is 8.84. The van der Waals surface area contributed by atoms with Crippen LogP contribution < -0.4 is 4.74 Å². The summed E-state index contributed by atoms with van der Waals surface area (Å²) in [6.45, 7) is 5.25. The summed E-state index contributed by atoms with van der Waals surface area (Å²) >= 11 is 3.15. The van der Waals surface area contributed by atoms with Crippen LogP contribution in [0.25, 0.3) is 10.6 Å². The summed E-state index contributed by atoms with van der Waals surface area (Å²) in [5, 5.41) is 9.64. The first-order valence-corrected chi connectivity index (χ1v) is 14.1. The second kappa shape index (κ2) is 13.0. The van der Waals surface area contributed by atoms with Crippen molar-refractivity contribution in [3.63, 3.8) is 0 Å². The van der Waals surface area contributed by atoms with Crippen molar-refractivity contribution in [2.24, 2.45) is 0 Å². The Hall–Kier alpha value is -2.60. The Labute approximate surface area is 227 Å². The molecule has 0 aliphatic carbocycles. The van der Waals surface area contributed by atoms with Crippen molar-refractivity contribution in [3.8, 4) is 16.3 Å². The van der Waals surface area contributed by atoms with Gasteiger partial charge in [0.05, 0.1) is 24.5 Å². The number of aromatic nitrogens is 1. The first-order valence-electron chi connectivity index (χ1n) is 12.3. The maximum Gasteiger partial charge on any atom is 0.416 e. The molecule has 0 saturated carbocycles. The van der Waals surface area contributed by atoms with Gasteiger partial charge in [-0.1, -0.05) is 25.5 Å². The molecule has 1 N–H and O–H groups in total. The van der Waals surface area contributed by atoms with Crippen LogP contribution in [-0.2, 0) is 34.4 Å². The fourth-order valence-corrected chi connectivity index (χ4v) is 6.19. The third-order valence-electron chi connectivity index (χ3n) is 5.99. The fraction of sp³-hybridized carbons (Fsp3) is 0.407. The second-order valence-corrected chi connectivity index (χ2v) is 11.0. The van der Waals surface area contributed by atoms with Crippen LogP contribution >= 0.6 is 23.1 Å². The molecule has 0 spiro atoms. The normalized spacial score (nSPS) is 14.5. The third kappa shape index (κ3) is 7.72. The van der Waals surface area contributed by atoms with Crippen LogP contribution in [0.15, 0.2) is 47.4 Å². The average Bonchev–Trinajstić information content (AvgIpc) is 3.29. The van der Waals surface area contributed by atoms with E-state index in [1.165, 1.54) is 23.5 Å². The van der Waals surface area contributed by atoms with Crippen LogP contribution in [0.3, 0.4) is 0 Å². The summed E-state index contributed by atoms with van der Waals surface area (Å²) in [7, 11) is 0. The lowest BCUT2D eigenvalue weighted by Gasteiger charge is -2.26. The van der Waals surface area contributed by atoms with E-state index in [1.54, 1.807) is 11.8 Å². The molecule has 1 aromatic heterocycles. The highest BCUT2D eigenvalue weighted by Gasteiger charge is 2.30. The number of carboxylic acids is 1. The number of thioether (sulfide) groups is 1. The summed E-state index contributed by atoms with van der Waals surface area (Å²) in [6.07, 6.45) is -2.72. The average molecular weight is 567 g/mol. The Balaban J connectivity index is 1.55. The minimum absolute atomic E-state index is 0.387. The molecular weight excluding hydrogens is 537 g/mol. The van der Waals surface area contributed by atoms with Crippen LogP contribution in [0.1, 0.15) is 35.0 Å². The largest absolute Gasteiger partial charge is 0.482 e. The number of alkyl halides is 3. The Kier molecular flexibility index (Phi) is 9.69. The lowest BCUT2D eigenvalue weighted by molar-refractivity contribution is -0.139. The Morgan fingerprint density at radius 2 is 1.92 bits per heavy atom. The van der Waals surface area contributed by atoms with Crippen molar-refractivity contribution in [1.29, 1.82) is 0 Å². The van der Waals surface area contributed by atoms with Gasteiger partial charge in [0.15, 0.2) is 6.61 Å². The molecule has 2 aromatic carbocycles. The molecule has 1 aliphatic heterocycles. The highest BCUT2D eigenvalue weighted by atomic mass is 32.2. The van der Waals surface area contributed by atoms with Crippen molar-refractivity contribution in [2.45, 2.75) is 43.1 Å². The number of hydrogen-bond donors (Lipinski definition) is 1. The zero-order valence-corrected chi connectivity index (χ0v) is 22.6. The molecule has 2 heterocycles. The number of hydrogen-bond acceptors (Lipinski definition) is 7. The molecule has 6 nitrogen and oxygen atoms in total. The molecule has 1 aliphatic rings. The Bertz CT molecular complexity index is 1230. The molecule has 204 valence electrons. The summed E-state index contributed by atoms with van der Waals surface area (Å²) in [5.41, 5.74) is 1.87. The lowest BCUT2D eigenvalue weighted by Crippen LogP contribution is -2.35. The van der Waals surface area contributed by atoms with E-state index in [-0.39, 0.29) is 6.61 Å². The van der Waals surface area contributed by atoms with Crippen molar-refractivity contribution in [1.82, 2.24) is 9.88 Å². The smallest absolute Gasteiger partial charge is 0.416 e. The first-order chi connectivity index (χ1) is 18.2. The number of ether oxygens (including phenoxy) is 2. The summed E-state index contributed by atoms with van der Waals surface area (Å²) in [5.74, 6) is 0.209. The van der Waals surface area contributed by atoms with E-state index in [2.05, 4.69) is 11.8 Å². The number of nitrogens with zero attached hydrogens (tertiary/aromatic N) is 2. The number of morpholine rings is 1. The van der Waals surface area contributed by atoms with Gasteiger partial charge >= 0.3 is 12.1 Å². The number of benzene rings is 2. The Morgan fingerprint density at radius 3 is 2.58 bits per heavy atom. The van der Waals surface area contributed by atoms with E-state index in [0.29, 0.717) is 41.8 Å². The van der Waals surface area contributed by atoms with Crippen LogP contribution in [0.5, 0.6) is 5.75 Å². The van der Waals surface area contributed by atoms with Crippen LogP contribution in [0.2, 0.25) is 0 Å². The molecular formula is C27H29F3N2O4S2. The van der Waals surface area contributed by atoms with Gasteiger partial charge in [-0.2, -0.15) is 13.2 Å². The summed E-state index contributed by atoms with van der Waals surface area (Å²) in [4.78, 5) is 20.1. The predicted octanol–water partition coefficient (Wildman–Crippen LogP) is 6.37. The molecule has 1 fully saturated rings. The topological polar surface area (TPSA) is 71.9 Å². The number of aryl methyl sites for hydroxylation is 1. The molecule has 0 bridgehead atoms. The molecule has 1 saturated heterocycles. The van der Waals surface area contributed by atoms with Gasteiger partial charge in [-0.25, -0.2) is 9.78 Å². The zero-order chi connectivity index (χ0) is 27.1. The predicted molar refractivity (Wildman–Crippen MR) is 142 cm³/mol. The van der Waals surface area contributed by atoms with Crippen molar-refractivity contribution in [3.05, 3.63) is 64.2 Å². The van der Waals surface area contributed by atoms with Gasteiger partial charge in [-0.05, 0) is 42.3 Å². The van der Waals surface area contributed by atoms with Crippen LogP contribution in [0.4, 0.5) is 13.2 Å².